The zero-order valence-corrected chi connectivity index (χ0v) is 16.3. The number of ether oxygens (including phenoxy) is 3. The van der Waals surface area contributed by atoms with Crippen molar-refractivity contribution >= 4 is 5.91 Å². The molecule has 1 amide bonds. The molecule has 0 heterocycles. The number of hydrogen-bond donors (Lipinski definition) is 1. The van der Waals surface area contributed by atoms with Crippen molar-refractivity contribution in [2.45, 2.75) is 13.2 Å². The van der Waals surface area contributed by atoms with E-state index in [4.69, 9.17) is 14.2 Å². The summed E-state index contributed by atoms with van der Waals surface area (Å²) in [5.41, 5.74) is 2.12. The summed E-state index contributed by atoms with van der Waals surface area (Å²) in [6.07, 6.45) is 0. The van der Waals surface area contributed by atoms with Crippen molar-refractivity contribution in [3.05, 3.63) is 89.2 Å². The van der Waals surface area contributed by atoms with Crippen LogP contribution >= 0.6 is 0 Å². The maximum absolute atomic E-state index is 13.0. The number of hydrogen-bond acceptors (Lipinski definition) is 4. The highest BCUT2D eigenvalue weighted by molar-refractivity contribution is 5.94. The largest absolute Gasteiger partial charge is 0.497 e. The first-order valence-corrected chi connectivity index (χ1v) is 9.05. The number of carbonyl (C=O) groups excluding carboxylic acids is 1. The van der Waals surface area contributed by atoms with Crippen LogP contribution in [0.2, 0.25) is 0 Å². The van der Waals surface area contributed by atoms with Crippen LogP contribution < -0.4 is 19.5 Å². The first-order valence-electron chi connectivity index (χ1n) is 9.05. The molecule has 3 rings (SSSR count). The van der Waals surface area contributed by atoms with Gasteiger partial charge in [-0.15, -0.1) is 0 Å². The van der Waals surface area contributed by atoms with E-state index in [1.165, 1.54) is 12.1 Å². The molecular weight excluding hydrogens is 373 g/mol. The minimum atomic E-state index is -0.292. The van der Waals surface area contributed by atoms with Gasteiger partial charge in [0.05, 0.1) is 14.2 Å². The molecule has 3 aromatic rings. The lowest BCUT2D eigenvalue weighted by Crippen LogP contribution is -2.23. The maximum Gasteiger partial charge on any atom is 0.251 e. The SMILES string of the molecule is COc1ccc(OC)c(CNC(=O)c2cccc(OCc3ccc(F)cc3)c2)c1. The average Bonchev–Trinajstić information content (AvgIpc) is 2.77. The Labute approximate surface area is 169 Å². The summed E-state index contributed by atoms with van der Waals surface area (Å²) < 4.78 is 29.2. The van der Waals surface area contributed by atoms with Crippen molar-refractivity contribution in [3.63, 3.8) is 0 Å². The molecule has 0 aliphatic carbocycles. The fourth-order valence-electron chi connectivity index (χ4n) is 2.77. The smallest absolute Gasteiger partial charge is 0.251 e. The van der Waals surface area contributed by atoms with Gasteiger partial charge in [0.2, 0.25) is 0 Å². The van der Waals surface area contributed by atoms with Crippen LogP contribution in [-0.4, -0.2) is 20.1 Å². The Balaban J connectivity index is 1.63. The van der Waals surface area contributed by atoms with Gasteiger partial charge in [0.1, 0.15) is 29.7 Å². The molecule has 0 aromatic heterocycles. The van der Waals surface area contributed by atoms with Crippen molar-refractivity contribution < 1.29 is 23.4 Å². The zero-order chi connectivity index (χ0) is 20.6. The molecule has 150 valence electrons. The predicted molar refractivity (Wildman–Crippen MR) is 108 cm³/mol. The van der Waals surface area contributed by atoms with Crippen LogP contribution in [-0.2, 0) is 13.2 Å². The van der Waals surface area contributed by atoms with Crippen molar-refractivity contribution in [1.82, 2.24) is 5.32 Å². The van der Waals surface area contributed by atoms with Gasteiger partial charge in [0.15, 0.2) is 0 Å². The average molecular weight is 395 g/mol. The molecule has 0 fully saturated rings. The van der Waals surface area contributed by atoms with Gasteiger partial charge in [-0.1, -0.05) is 18.2 Å². The lowest BCUT2D eigenvalue weighted by Gasteiger charge is -2.12. The number of carbonyl (C=O) groups is 1. The van der Waals surface area contributed by atoms with E-state index in [1.54, 1.807) is 62.8 Å². The van der Waals surface area contributed by atoms with E-state index in [-0.39, 0.29) is 18.3 Å². The predicted octanol–water partition coefficient (Wildman–Crippen LogP) is 4.35. The minimum absolute atomic E-state index is 0.234. The van der Waals surface area contributed by atoms with Crippen molar-refractivity contribution in [2.75, 3.05) is 14.2 Å². The number of amides is 1. The second-order valence-corrected chi connectivity index (χ2v) is 6.30. The molecule has 3 aromatic carbocycles. The molecule has 0 atom stereocenters. The Morgan fingerprint density at radius 3 is 2.45 bits per heavy atom. The van der Waals surface area contributed by atoms with E-state index in [0.29, 0.717) is 29.4 Å². The summed E-state index contributed by atoms with van der Waals surface area (Å²) in [7, 11) is 3.16. The summed E-state index contributed by atoms with van der Waals surface area (Å²) in [6, 6.07) is 18.4. The molecule has 0 aliphatic rings. The van der Waals surface area contributed by atoms with Gasteiger partial charge in [-0.25, -0.2) is 4.39 Å². The Morgan fingerprint density at radius 2 is 1.72 bits per heavy atom. The van der Waals surface area contributed by atoms with E-state index in [9.17, 15) is 9.18 Å². The normalized spacial score (nSPS) is 10.3. The molecule has 0 spiro atoms. The first kappa shape index (κ1) is 20.2. The highest BCUT2D eigenvalue weighted by Crippen LogP contribution is 2.24. The quantitative estimate of drug-likeness (QED) is 0.616. The zero-order valence-electron chi connectivity index (χ0n) is 16.3. The lowest BCUT2D eigenvalue weighted by molar-refractivity contribution is 0.0950. The van der Waals surface area contributed by atoms with E-state index in [0.717, 1.165) is 11.1 Å². The molecular formula is C23H22FNO4. The fourth-order valence-corrected chi connectivity index (χ4v) is 2.77. The van der Waals surface area contributed by atoms with E-state index < -0.39 is 0 Å². The molecule has 1 N–H and O–H groups in total. The minimum Gasteiger partial charge on any atom is -0.497 e. The standard InChI is InChI=1S/C23H22FNO4/c1-27-20-10-11-22(28-2)18(13-20)14-25-23(26)17-4-3-5-21(12-17)29-15-16-6-8-19(24)9-7-16/h3-13H,14-15H2,1-2H3,(H,25,26). The molecule has 5 nitrogen and oxygen atoms in total. The van der Waals surface area contributed by atoms with Crippen molar-refractivity contribution in [1.29, 1.82) is 0 Å². The lowest BCUT2D eigenvalue weighted by atomic mass is 10.1. The topological polar surface area (TPSA) is 56.8 Å². The van der Waals surface area contributed by atoms with Gasteiger partial charge in [-0.05, 0) is 54.1 Å². The van der Waals surface area contributed by atoms with E-state index in [1.807, 2.05) is 6.07 Å². The number of methoxy groups -OCH3 is 2. The van der Waals surface area contributed by atoms with Gasteiger partial charge in [-0.3, -0.25) is 4.79 Å². The summed E-state index contributed by atoms with van der Waals surface area (Å²) in [6.45, 7) is 0.576. The fraction of sp³-hybridized carbons (Fsp3) is 0.174. The molecule has 0 saturated carbocycles. The van der Waals surface area contributed by atoms with Crippen LogP contribution in [0.5, 0.6) is 17.2 Å². The second-order valence-electron chi connectivity index (χ2n) is 6.30. The molecule has 0 bridgehead atoms. The van der Waals surface area contributed by atoms with Gasteiger partial charge in [-0.2, -0.15) is 0 Å². The first-order chi connectivity index (χ1) is 14.1. The highest BCUT2D eigenvalue weighted by Gasteiger charge is 2.10. The third kappa shape index (κ3) is 5.48. The Hall–Kier alpha value is -3.54. The van der Waals surface area contributed by atoms with Crippen molar-refractivity contribution in [3.8, 4) is 17.2 Å². The molecule has 0 radical (unpaired) electrons. The number of halogens is 1. The molecule has 0 saturated heterocycles. The monoisotopic (exact) mass is 395 g/mol. The summed E-state index contributed by atoms with van der Waals surface area (Å²) in [5.74, 6) is 1.39. The Kier molecular flexibility index (Phi) is 6.68. The van der Waals surface area contributed by atoms with E-state index >= 15 is 0 Å². The third-order valence-corrected chi connectivity index (χ3v) is 4.34. The highest BCUT2D eigenvalue weighted by atomic mass is 19.1. The van der Waals surface area contributed by atoms with Crippen LogP contribution in [0.15, 0.2) is 66.7 Å². The van der Waals surface area contributed by atoms with E-state index in [2.05, 4.69) is 5.32 Å². The van der Waals surface area contributed by atoms with Gasteiger partial charge in [0, 0.05) is 17.7 Å². The van der Waals surface area contributed by atoms with Gasteiger partial charge < -0.3 is 19.5 Å². The summed E-state index contributed by atoms with van der Waals surface area (Å²) >= 11 is 0. The Morgan fingerprint density at radius 1 is 0.931 bits per heavy atom. The van der Waals surface area contributed by atoms with Gasteiger partial charge >= 0.3 is 0 Å². The number of nitrogens with one attached hydrogen (secondary N) is 1. The van der Waals surface area contributed by atoms with Crippen LogP contribution in [0.25, 0.3) is 0 Å². The van der Waals surface area contributed by atoms with Crippen LogP contribution in [0, 0.1) is 5.82 Å². The Bertz CT molecular complexity index is 973. The molecule has 0 unspecified atom stereocenters. The van der Waals surface area contributed by atoms with Crippen LogP contribution in [0.1, 0.15) is 21.5 Å². The number of benzene rings is 3. The maximum atomic E-state index is 13.0. The van der Waals surface area contributed by atoms with Crippen molar-refractivity contribution in [2.24, 2.45) is 0 Å². The molecule has 6 heteroatoms. The van der Waals surface area contributed by atoms with Crippen LogP contribution in [0.4, 0.5) is 4.39 Å². The number of rotatable bonds is 8. The molecule has 29 heavy (non-hydrogen) atoms. The third-order valence-electron chi connectivity index (χ3n) is 4.34. The van der Waals surface area contributed by atoms with Gasteiger partial charge in [0.25, 0.3) is 5.91 Å². The summed E-state index contributed by atoms with van der Waals surface area (Å²) in [5, 5.41) is 2.88. The molecule has 0 aliphatic heterocycles. The summed E-state index contributed by atoms with van der Waals surface area (Å²) in [4.78, 5) is 12.6. The second kappa shape index (κ2) is 9.59. The van der Waals surface area contributed by atoms with Crippen LogP contribution in [0.3, 0.4) is 0 Å².